The van der Waals surface area contributed by atoms with Crippen molar-refractivity contribution >= 4 is 11.6 Å². The second-order valence-electron chi connectivity index (χ2n) is 6.81. The van der Waals surface area contributed by atoms with Gasteiger partial charge in [0.25, 0.3) is 0 Å². The lowest BCUT2D eigenvalue weighted by atomic mass is 10.1. The second-order valence-corrected chi connectivity index (χ2v) is 6.81. The number of piperidine rings is 1. The Labute approximate surface area is 146 Å². The first-order chi connectivity index (χ1) is 11.6. The molecule has 1 heterocycles. The summed E-state index contributed by atoms with van der Waals surface area (Å²) >= 11 is 0. The van der Waals surface area contributed by atoms with E-state index in [1.807, 2.05) is 18.9 Å². The lowest BCUT2D eigenvalue weighted by molar-refractivity contribution is -0.123. The van der Waals surface area contributed by atoms with Crippen molar-refractivity contribution in [2.75, 3.05) is 45.3 Å². The molecule has 24 heavy (non-hydrogen) atoms. The predicted molar refractivity (Wildman–Crippen MR) is 98.3 cm³/mol. The Kier molecular flexibility index (Phi) is 7.53. The van der Waals surface area contributed by atoms with Crippen molar-refractivity contribution in [1.29, 1.82) is 0 Å². The van der Waals surface area contributed by atoms with Crippen molar-refractivity contribution in [3.63, 3.8) is 0 Å². The molecule has 1 aliphatic rings. The summed E-state index contributed by atoms with van der Waals surface area (Å²) in [6.45, 7) is 5.97. The number of carbonyl (C=O) groups excluding carboxylic acids is 1. The summed E-state index contributed by atoms with van der Waals surface area (Å²) in [7, 11) is 3.61. The van der Waals surface area contributed by atoms with E-state index in [2.05, 4.69) is 34.5 Å². The first-order valence-corrected chi connectivity index (χ1v) is 8.89. The summed E-state index contributed by atoms with van der Waals surface area (Å²) in [4.78, 5) is 16.5. The third-order valence-corrected chi connectivity index (χ3v) is 4.35. The van der Waals surface area contributed by atoms with Gasteiger partial charge in [-0.3, -0.25) is 9.69 Å². The van der Waals surface area contributed by atoms with Crippen molar-refractivity contribution in [2.24, 2.45) is 0 Å². The van der Waals surface area contributed by atoms with Crippen LogP contribution in [0.2, 0.25) is 0 Å². The number of nitrogens with one attached hydrogen (secondary N) is 1. The fraction of sp³-hybridized carbons (Fsp3) is 0.632. The van der Waals surface area contributed by atoms with E-state index < -0.39 is 0 Å². The van der Waals surface area contributed by atoms with E-state index in [1.54, 1.807) is 7.11 Å². The number of rotatable bonds is 8. The largest absolute Gasteiger partial charge is 0.383 e. The van der Waals surface area contributed by atoms with Gasteiger partial charge in [-0.2, -0.15) is 0 Å². The van der Waals surface area contributed by atoms with E-state index in [0.717, 1.165) is 6.54 Å². The van der Waals surface area contributed by atoms with Crippen LogP contribution in [0.5, 0.6) is 0 Å². The van der Waals surface area contributed by atoms with Crippen LogP contribution in [0.25, 0.3) is 0 Å². The molecule has 1 unspecified atom stereocenters. The highest BCUT2D eigenvalue weighted by molar-refractivity contribution is 5.78. The molecule has 1 saturated heterocycles. The van der Waals surface area contributed by atoms with Crippen LogP contribution in [-0.2, 0) is 16.1 Å². The zero-order valence-corrected chi connectivity index (χ0v) is 15.3. The maximum absolute atomic E-state index is 12.0. The van der Waals surface area contributed by atoms with Crippen LogP contribution in [-0.4, -0.2) is 57.2 Å². The number of anilines is 1. The minimum Gasteiger partial charge on any atom is -0.383 e. The Hall–Kier alpha value is -1.59. The smallest absolute Gasteiger partial charge is 0.234 e. The molecule has 0 spiro atoms. The Morgan fingerprint density at radius 2 is 1.92 bits per heavy atom. The van der Waals surface area contributed by atoms with Crippen molar-refractivity contribution in [3.05, 3.63) is 29.8 Å². The summed E-state index contributed by atoms with van der Waals surface area (Å²) in [5.74, 6) is 0.0342. The molecular formula is C19H31N3O2. The normalized spacial score (nSPS) is 16.2. The zero-order valence-electron chi connectivity index (χ0n) is 15.3. The highest BCUT2D eigenvalue weighted by Gasteiger charge is 2.12. The molecule has 0 bridgehead atoms. The van der Waals surface area contributed by atoms with Gasteiger partial charge in [0.15, 0.2) is 0 Å². The molecular weight excluding hydrogens is 302 g/mol. The van der Waals surface area contributed by atoms with E-state index in [9.17, 15) is 4.79 Å². The van der Waals surface area contributed by atoms with E-state index >= 15 is 0 Å². The van der Waals surface area contributed by atoms with Crippen molar-refractivity contribution < 1.29 is 9.53 Å². The number of ether oxygens (including phenoxy) is 1. The maximum atomic E-state index is 12.0. The number of hydrogen-bond donors (Lipinski definition) is 1. The second kappa shape index (κ2) is 9.64. The molecule has 0 aliphatic carbocycles. The standard InChI is InChI=1S/C19H31N3O2/c1-16(15-24-3)20-19(23)14-21(2)13-17-7-9-18(10-8-17)22-11-5-4-6-12-22/h7-10,16H,4-6,11-15H2,1-3H3,(H,20,23). The third-order valence-electron chi connectivity index (χ3n) is 4.35. The fourth-order valence-corrected chi connectivity index (χ4v) is 3.19. The fourth-order valence-electron chi connectivity index (χ4n) is 3.19. The van der Waals surface area contributed by atoms with Gasteiger partial charge in [0, 0.05) is 38.5 Å². The quantitative estimate of drug-likeness (QED) is 0.793. The van der Waals surface area contributed by atoms with Gasteiger partial charge in [-0.25, -0.2) is 0 Å². The summed E-state index contributed by atoms with van der Waals surface area (Å²) < 4.78 is 5.03. The third kappa shape index (κ3) is 6.13. The Balaban J connectivity index is 1.78. The lowest BCUT2D eigenvalue weighted by Gasteiger charge is -2.29. The Morgan fingerprint density at radius 1 is 1.25 bits per heavy atom. The molecule has 2 rings (SSSR count). The first-order valence-electron chi connectivity index (χ1n) is 8.89. The molecule has 0 radical (unpaired) electrons. The van der Waals surface area contributed by atoms with Crippen LogP contribution in [0.1, 0.15) is 31.7 Å². The van der Waals surface area contributed by atoms with Crippen LogP contribution in [0.15, 0.2) is 24.3 Å². The summed E-state index contributed by atoms with van der Waals surface area (Å²) in [6, 6.07) is 8.79. The average molecular weight is 333 g/mol. The number of hydrogen-bond acceptors (Lipinski definition) is 4. The van der Waals surface area contributed by atoms with Gasteiger partial charge in [0.05, 0.1) is 13.2 Å². The molecule has 5 nitrogen and oxygen atoms in total. The van der Waals surface area contributed by atoms with E-state index in [0.29, 0.717) is 13.2 Å². The van der Waals surface area contributed by atoms with E-state index in [4.69, 9.17) is 4.74 Å². The lowest BCUT2D eigenvalue weighted by Crippen LogP contribution is -2.41. The average Bonchev–Trinajstić information content (AvgIpc) is 2.56. The van der Waals surface area contributed by atoms with Gasteiger partial charge in [0.1, 0.15) is 0 Å². The summed E-state index contributed by atoms with van der Waals surface area (Å²) in [5.41, 5.74) is 2.54. The number of benzene rings is 1. The van der Waals surface area contributed by atoms with Crippen LogP contribution in [0, 0.1) is 0 Å². The SMILES string of the molecule is COCC(C)NC(=O)CN(C)Cc1ccc(N2CCCCC2)cc1. The van der Waals surface area contributed by atoms with Gasteiger partial charge in [-0.05, 0) is 50.9 Å². The van der Waals surface area contributed by atoms with Crippen molar-refractivity contribution in [2.45, 2.75) is 38.8 Å². The number of likely N-dealkylation sites (N-methyl/N-ethyl adjacent to an activating group) is 1. The summed E-state index contributed by atoms with van der Waals surface area (Å²) in [6.07, 6.45) is 3.94. The minimum atomic E-state index is 0.0342. The molecule has 1 aromatic rings. The molecule has 0 saturated carbocycles. The maximum Gasteiger partial charge on any atom is 0.234 e. The van der Waals surface area contributed by atoms with Crippen molar-refractivity contribution in [3.8, 4) is 0 Å². The first kappa shape index (κ1) is 18.7. The van der Waals surface area contributed by atoms with Crippen molar-refractivity contribution in [1.82, 2.24) is 10.2 Å². The molecule has 0 aromatic heterocycles. The van der Waals surface area contributed by atoms with Gasteiger partial charge >= 0.3 is 0 Å². The minimum absolute atomic E-state index is 0.0342. The molecule has 1 aliphatic heterocycles. The van der Waals surface area contributed by atoms with E-state index in [1.165, 1.54) is 43.6 Å². The predicted octanol–water partition coefficient (Wildman–Crippen LogP) is 2.26. The van der Waals surface area contributed by atoms with Crippen LogP contribution in [0.3, 0.4) is 0 Å². The van der Waals surface area contributed by atoms with E-state index in [-0.39, 0.29) is 11.9 Å². The zero-order chi connectivity index (χ0) is 17.4. The highest BCUT2D eigenvalue weighted by Crippen LogP contribution is 2.20. The molecule has 134 valence electrons. The van der Waals surface area contributed by atoms with Gasteiger partial charge in [-0.1, -0.05) is 12.1 Å². The number of nitrogens with zero attached hydrogens (tertiary/aromatic N) is 2. The Morgan fingerprint density at radius 3 is 2.54 bits per heavy atom. The monoisotopic (exact) mass is 333 g/mol. The van der Waals surface area contributed by atoms with Crippen LogP contribution in [0.4, 0.5) is 5.69 Å². The summed E-state index contributed by atoms with van der Waals surface area (Å²) in [5, 5.41) is 2.94. The molecule has 5 heteroatoms. The molecule has 1 N–H and O–H groups in total. The van der Waals surface area contributed by atoms with Crippen LogP contribution >= 0.6 is 0 Å². The molecule has 1 atom stereocenters. The molecule has 1 aromatic carbocycles. The van der Waals surface area contributed by atoms with Crippen LogP contribution < -0.4 is 10.2 Å². The van der Waals surface area contributed by atoms with Gasteiger partial charge < -0.3 is 15.0 Å². The van der Waals surface area contributed by atoms with Gasteiger partial charge in [0.2, 0.25) is 5.91 Å². The van der Waals surface area contributed by atoms with Gasteiger partial charge in [-0.15, -0.1) is 0 Å². The number of amides is 1. The molecule has 1 fully saturated rings. The topological polar surface area (TPSA) is 44.8 Å². The number of carbonyl (C=O) groups is 1. The highest BCUT2D eigenvalue weighted by atomic mass is 16.5. The Bertz CT molecular complexity index is 498. The number of methoxy groups -OCH3 is 1. The molecule has 1 amide bonds.